The maximum absolute atomic E-state index is 4.76. The van der Waals surface area contributed by atoms with E-state index in [0.29, 0.717) is 0 Å². The lowest BCUT2D eigenvalue weighted by atomic mass is 9.81. The molecule has 2 unspecified atom stereocenters. The van der Waals surface area contributed by atoms with Crippen molar-refractivity contribution in [1.29, 1.82) is 0 Å². The first-order chi connectivity index (χ1) is 10.2. The Morgan fingerprint density at radius 1 is 1.24 bits per heavy atom. The van der Waals surface area contributed by atoms with Gasteiger partial charge in [-0.05, 0) is 49.3 Å². The topological polar surface area (TPSA) is 24.9 Å². The molecule has 1 saturated carbocycles. The molecule has 112 valence electrons. The standard InChI is InChI=1S/C19H26N2/c1-14-6-5-7-16(12-14)10-11-20-19-15(2)13-17-8-3-4-9-18(17)21-19/h3-4,8-9,13-14,16H,5-7,10-12H2,1-2H3,(H,20,21). The smallest absolute Gasteiger partial charge is 0.129 e. The van der Waals surface area contributed by atoms with Crippen molar-refractivity contribution in [1.82, 2.24) is 4.98 Å². The second-order valence-corrected chi connectivity index (χ2v) is 6.70. The average molecular weight is 282 g/mol. The summed E-state index contributed by atoms with van der Waals surface area (Å²) in [5.41, 5.74) is 2.32. The van der Waals surface area contributed by atoms with E-state index in [-0.39, 0.29) is 0 Å². The molecule has 0 radical (unpaired) electrons. The van der Waals surface area contributed by atoms with Crippen LogP contribution in [-0.4, -0.2) is 11.5 Å². The molecule has 1 aliphatic rings. The molecule has 0 bridgehead atoms. The molecule has 1 aromatic carbocycles. The van der Waals surface area contributed by atoms with Crippen molar-refractivity contribution < 1.29 is 0 Å². The number of rotatable bonds is 4. The number of anilines is 1. The second-order valence-electron chi connectivity index (χ2n) is 6.70. The van der Waals surface area contributed by atoms with E-state index in [1.54, 1.807) is 0 Å². The molecule has 21 heavy (non-hydrogen) atoms. The van der Waals surface area contributed by atoms with Gasteiger partial charge in [-0.1, -0.05) is 44.4 Å². The van der Waals surface area contributed by atoms with Gasteiger partial charge in [-0.25, -0.2) is 4.98 Å². The van der Waals surface area contributed by atoms with Crippen LogP contribution in [0.5, 0.6) is 0 Å². The van der Waals surface area contributed by atoms with Gasteiger partial charge in [0.25, 0.3) is 0 Å². The van der Waals surface area contributed by atoms with Crippen LogP contribution in [0.25, 0.3) is 10.9 Å². The normalized spacial score (nSPS) is 22.4. The first kappa shape index (κ1) is 14.4. The van der Waals surface area contributed by atoms with Crippen LogP contribution < -0.4 is 5.32 Å². The summed E-state index contributed by atoms with van der Waals surface area (Å²) in [6, 6.07) is 10.6. The number of hydrogen-bond donors (Lipinski definition) is 1. The van der Waals surface area contributed by atoms with Gasteiger partial charge in [0.2, 0.25) is 0 Å². The van der Waals surface area contributed by atoms with E-state index >= 15 is 0 Å². The van der Waals surface area contributed by atoms with E-state index in [2.05, 4.69) is 49.5 Å². The number of pyridine rings is 1. The number of aromatic nitrogens is 1. The van der Waals surface area contributed by atoms with E-state index in [1.165, 1.54) is 43.1 Å². The van der Waals surface area contributed by atoms with Gasteiger partial charge in [-0.2, -0.15) is 0 Å². The van der Waals surface area contributed by atoms with Gasteiger partial charge in [0.1, 0.15) is 5.82 Å². The molecule has 2 nitrogen and oxygen atoms in total. The van der Waals surface area contributed by atoms with Gasteiger partial charge in [0, 0.05) is 11.9 Å². The molecule has 2 aromatic rings. The number of nitrogens with one attached hydrogen (secondary N) is 1. The van der Waals surface area contributed by atoms with Gasteiger partial charge >= 0.3 is 0 Å². The van der Waals surface area contributed by atoms with Crippen molar-refractivity contribution in [3.63, 3.8) is 0 Å². The molecule has 0 spiro atoms. The quantitative estimate of drug-likeness (QED) is 0.836. The Morgan fingerprint density at radius 3 is 2.95 bits per heavy atom. The summed E-state index contributed by atoms with van der Waals surface area (Å²) in [4.78, 5) is 4.76. The van der Waals surface area contributed by atoms with Gasteiger partial charge in [0.15, 0.2) is 0 Å². The highest BCUT2D eigenvalue weighted by Crippen LogP contribution is 2.30. The highest BCUT2D eigenvalue weighted by Gasteiger charge is 2.18. The molecule has 1 heterocycles. The van der Waals surface area contributed by atoms with E-state index in [4.69, 9.17) is 4.98 Å². The third-order valence-corrected chi connectivity index (χ3v) is 4.80. The minimum Gasteiger partial charge on any atom is -0.370 e. The molecule has 0 aliphatic heterocycles. The Labute approximate surface area is 128 Å². The Hall–Kier alpha value is -1.57. The first-order valence-corrected chi connectivity index (χ1v) is 8.32. The molecule has 2 heteroatoms. The van der Waals surface area contributed by atoms with Crippen LogP contribution in [0.2, 0.25) is 0 Å². The van der Waals surface area contributed by atoms with Crippen LogP contribution in [0.1, 0.15) is 44.6 Å². The highest BCUT2D eigenvalue weighted by molar-refractivity contribution is 5.81. The number of nitrogens with zero attached hydrogens (tertiary/aromatic N) is 1. The number of hydrogen-bond acceptors (Lipinski definition) is 2. The fraction of sp³-hybridized carbons (Fsp3) is 0.526. The molecule has 1 aliphatic carbocycles. The SMILES string of the molecule is Cc1cc2ccccc2nc1NCCC1CCCC(C)C1. The monoisotopic (exact) mass is 282 g/mol. The van der Waals surface area contributed by atoms with Crippen molar-refractivity contribution in [3.05, 3.63) is 35.9 Å². The fourth-order valence-corrected chi connectivity index (χ4v) is 3.62. The molecular formula is C19H26N2. The van der Waals surface area contributed by atoms with Crippen molar-refractivity contribution in [2.24, 2.45) is 11.8 Å². The minimum absolute atomic E-state index is 0.905. The zero-order chi connectivity index (χ0) is 14.7. The van der Waals surface area contributed by atoms with Crippen LogP contribution in [0.15, 0.2) is 30.3 Å². The van der Waals surface area contributed by atoms with Crippen molar-refractivity contribution in [2.45, 2.75) is 46.0 Å². The number of aryl methyl sites for hydroxylation is 1. The summed E-state index contributed by atoms with van der Waals surface area (Å²) >= 11 is 0. The van der Waals surface area contributed by atoms with Crippen LogP contribution in [0.4, 0.5) is 5.82 Å². The predicted octanol–water partition coefficient (Wildman–Crippen LogP) is 5.17. The van der Waals surface area contributed by atoms with Crippen LogP contribution in [-0.2, 0) is 0 Å². The molecule has 1 fully saturated rings. The third kappa shape index (κ3) is 3.55. The van der Waals surface area contributed by atoms with Crippen molar-refractivity contribution >= 4 is 16.7 Å². The van der Waals surface area contributed by atoms with E-state index in [9.17, 15) is 0 Å². The molecule has 2 atom stereocenters. The number of para-hydroxylation sites is 1. The summed E-state index contributed by atoms with van der Waals surface area (Å²) in [6.45, 7) is 5.59. The highest BCUT2D eigenvalue weighted by atomic mass is 15.0. The molecule has 0 saturated heterocycles. The van der Waals surface area contributed by atoms with Gasteiger partial charge < -0.3 is 5.32 Å². The maximum Gasteiger partial charge on any atom is 0.129 e. The Balaban J connectivity index is 1.61. The zero-order valence-corrected chi connectivity index (χ0v) is 13.2. The van der Waals surface area contributed by atoms with E-state index in [0.717, 1.165) is 29.7 Å². The summed E-state index contributed by atoms with van der Waals surface area (Å²) < 4.78 is 0. The minimum atomic E-state index is 0.905. The average Bonchev–Trinajstić information content (AvgIpc) is 2.48. The summed E-state index contributed by atoms with van der Waals surface area (Å²) in [5, 5.41) is 4.78. The molecular weight excluding hydrogens is 256 g/mol. The molecule has 1 N–H and O–H groups in total. The van der Waals surface area contributed by atoms with Crippen molar-refractivity contribution in [2.75, 3.05) is 11.9 Å². The van der Waals surface area contributed by atoms with Crippen LogP contribution in [0, 0.1) is 18.8 Å². The summed E-state index contributed by atoms with van der Waals surface area (Å²) in [6.07, 6.45) is 6.94. The summed E-state index contributed by atoms with van der Waals surface area (Å²) in [7, 11) is 0. The van der Waals surface area contributed by atoms with E-state index in [1.807, 2.05) is 0 Å². The largest absolute Gasteiger partial charge is 0.370 e. The molecule has 0 amide bonds. The zero-order valence-electron chi connectivity index (χ0n) is 13.2. The molecule has 3 rings (SSSR count). The van der Waals surface area contributed by atoms with Gasteiger partial charge in [-0.3, -0.25) is 0 Å². The van der Waals surface area contributed by atoms with E-state index < -0.39 is 0 Å². The summed E-state index contributed by atoms with van der Waals surface area (Å²) in [5.74, 6) is 2.88. The number of benzene rings is 1. The van der Waals surface area contributed by atoms with Gasteiger partial charge in [-0.15, -0.1) is 0 Å². The second kappa shape index (κ2) is 6.46. The Bertz CT molecular complexity index is 606. The van der Waals surface area contributed by atoms with Crippen LogP contribution >= 0.6 is 0 Å². The fourth-order valence-electron chi connectivity index (χ4n) is 3.62. The predicted molar refractivity (Wildman–Crippen MR) is 90.7 cm³/mol. The lowest BCUT2D eigenvalue weighted by Gasteiger charge is -2.26. The lowest BCUT2D eigenvalue weighted by molar-refractivity contribution is 0.274. The van der Waals surface area contributed by atoms with Crippen molar-refractivity contribution in [3.8, 4) is 0 Å². The molecule has 1 aromatic heterocycles. The lowest BCUT2D eigenvalue weighted by Crippen LogP contribution is -2.17. The Morgan fingerprint density at radius 2 is 2.10 bits per heavy atom. The third-order valence-electron chi connectivity index (χ3n) is 4.80. The van der Waals surface area contributed by atoms with Crippen LogP contribution in [0.3, 0.4) is 0 Å². The van der Waals surface area contributed by atoms with Gasteiger partial charge in [0.05, 0.1) is 5.52 Å². The Kier molecular flexibility index (Phi) is 4.42. The number of fused-ring (bicyclic) bond motifs is 1. The maximum atomic E-state index is 4.76. The first-order valence-electron chi connectivity index (χ1n) is 8.32.